The second-order valence-corrected chi connectivity index (χ2v) is 4.64. The van der Waals surface area contributed by atoms with Gasteiger partial charge in [0.2, 0.25) is 0 Å². The first-order chi connectivity index (χ1) is 8.61. The molecular weight excluding hydrogens is 230 g/mol. The molecule has 94 valence electrons. The van der Waals surface area contributed by atoms with Crippen LogP contribution in [0, 0.1) is 24.2 Å². The summed E-state index contributed by atoms with van der Waals surface area (Å²) in [5.74, 6) is 0.0706. The van der Waals surface area contributed by atoms with E-state index in [-0.39, 0.29) is 12.3 Å². The van der Waals surface area contributed by atoms with Crippen molar-refractivity contribution in [2.45, 2.75) is 19.8 Å². The molecule has 0 spiro atoms. The van der Waals surface area contributed by atoms with Crippen molar-refractivity contribution in [3.8, 4) is 6.07 Å². The average Bonchev–Trinajstić information content (AvgIpc) is 2.76. The first-order valence-corrected chi connectivity index (χ1v) is 5.94. The van der Waals surface area contributed by atoms with Gasteiger partial charge in [0.25, 0.3) is 0 Å². The zero-order valence-electron chi connectivity index (χ0n) is 10.3. The van der Waals surface area contributed by atoms with Gasteiger partial charge in [-0.3, -0.25) is 4.79 Å². The molecule has 0 radical (unpaired) electrons. The molecular formula is C13H15N3O2. The lowest BCUT2D eigenvalue weighted by Crippen LogP contribution is -2.22. The summed E-state index contributed by atoms with van der Waals surface area (Å²) in [4.78, 5) is 17.0. The minimum atomic E-state index is -0.764. The molecule has 1 aliphatic rings. The lowest BCUT2D eigenvalue weighted by Gasteiger charge is -2.19. The maximum atomic E-state index is 10.7. The number of pyridine rings is 1. The standard InChI is InChI=1S/C13H15N3O2/c1-9-2-4-15-13(11(9)7-14)16-5-3-10(8-16)6-12(17)18/h2,4,10H,3,5-6,8H2,1H3,(H,17,18). The Morgan fingerprint density at radius 3 is 3.17 bits per heavy atom. The Bertz CT molecular complexity index is 507. The van der Waals surface area contributed by atoms with Crippen LogP contribution in [-0.4, -0.2) is 29.1 Å². The molecule has 1 aromatic heterocycles. The minimum Gasteiger partial charge on any atom is -0.481 e. The number of carboxylic acid groups (broad SMARTS) is 1. The predicted molar refractivity (Wildman–Crippen MR) is 66.3 cm³/mol. The third-order valence-corrected chi connectivity index (χ3v) is 3.30. The van der Waals surface area contributed by atoms with Crippen molar-refractivity contribution in [2.24, 2.45) is 5.92 Å². The van der Waals surface area contributed by atoms with Crippen LogP contribution in [0.25, 0.3) is 0 Å². The van der Waals surface area contributed by atoms with Crippen molar-refractivity contribution >= 4 is 11.8 Å². The fourth-order valence-corrected chi connectivity index (χ4v) is 2.36. The smallest absolute Gasteiger partial charge is 0.303 e. The van der Waals surface area contributed by atoms with Crippen molar-refractivity contribution in [2.75, 3.05) is 18.0 Å². The molecule has 2 heterocycles. The van der Waals surface area contributed by atoms with E-state index in [0.29, 0.717) is 17.9 Å². The van der Waals surface area contributed by atoms with Gasteiger partial charge in [0.05, 0.1) is 5.56 Å². The van der Waals surface area contributed by atoms with E-state index in [1.165, 1.54) is 0 Å². The Balaban J connectivity index is 2.17. The highest BCUT2D eigenvalue weighted by atomic mass is 16.4. The molecule has 0 amide bonds. The molecule has 1 aromatic rings. The summed E-state index contributed by atoms with van der Waals surface area (Å²) in [6.45, 7) is 3.31. The largest absolute Gasteiger partial charge is 0.481 e. The normalized spacial score (nSPS) is 18.7. The number of hydrogen-bond acceptors (Lipinski definition) is 4. The van der Waals surface area contributed by atoms with Crippen LogP contribution in [0.1, 0.15) is 24.0 Å². The Morgan fingerprint density at radius 1 is 1.72 bits per heavy atom. The van der Waals surface area contributed by atoms with Crippen molar-refractivity contribution in [3.63, 3.8) is 0 Å². The molecule has 1 unspecified atom stereocenters. The van der Waals surface area contributed by atoms with E-state index in [9.17, 15) is 4.79 Å². The third kappa shape index (κ3) is 2.43. The fraction of sp³-hybridized carbons (Fsp3) is 0.462. The van der Waals surface area contributed by atoms with Crippen LogP contribution in [0.15, 0.2) is 12.3 Å². The third-order valence-electron chi connectivity index (χ3n) is 3.30. The summed E-state index contributed by atoms with van der Waals surface area (Å²) in [5, 5.41) is 17.9. The number of hydrogen-bond donors (Lipinski definition) is 1. The van der Waals surface area contributed by atoms with Gasteiger partial charge >= 0.3 is 5.97 Å². The van der Waals surface area contributed by atoms with Gasteiger partial charge in [0.1, 0.15) is 11.9 Å². The highest BCUT2D eigenvalue weighted by molar-refractivity contribution is 5.67. The summed E-state index contributed by atoms with van der Waals surface area (Å²) in [6.07, 6.45) is 2.72. The minimum absolute atomic E-state index is 0.149. The van der Waals surface area contributed by atoms with Crippen molar-refractivity contribution in [1.29, 1.82) is 5.26 Å². The second-order valence-electron chi connectivity index (χ2n) is 4.64. The molecule has 0 saturated carbocycles. The van der Waals surface area contributed by atoms with E-state index in [2.05, 4.69) is 11.1 Å². The molecule has 1 fully saturated rings. The monoisotopic (exact) mass is 245 g/mol. The lowest BCUT2D eigenvalue weighted by atomic mass is 10.1. The second kappa shape index (κ2) is 5.05. The first kappa shape index (κ1) is 12.4. The number of nitrogens with zero attached hydrogens (tertiary/aromatic N) is 3. The maximum absolute atomic E-state index is 10.7. The molecule has 5 nitrogen and oxygen atoms in total. The van der Waals surface area contributed by atoms with Crippen molar-refractivity contribution in [3.05, 3.63) is 23.4 Å². The summed E-state index contributed by atoms with van der Waals surface area (Å²) in [6, 6.07) is 3.99. The van der Waals surface area contributed by atoms with Crippen LogP contribution in [0.2, 0.25) is 0 Å². The van der Waals surface area contributed by atoms with Gasteiger partial charge in [-0.05, 0) is 30.9 Å². The maximum Gasteiger partial charge on any atom is 0.303 e. The number of anilines is 1. The molecule has 1 aliphatic heterocycles. The Hall–Kier alpha value is -2.09. The van der Waals surface area contributed by atoms with Gasteiger partial charge in [-0.1, -0.05) is 0 Å². The Morgan fingerprint density at radius 2 is 2.50 bits per heavy atom. The molecule has 1 atom stereocenters. The van der Waals surface area contributed by atoms with Gasteiger partial charge in [0, 0.05) is 25.7 Å². The Kier molecular flexibility index (Phi) is 3.47. The number of rotatable bonds is 3. The van der Waals surface area contributed by atoms with E-state index in [1.54, 1.807) is 6.20 Å². The highest BCUT2D eigenvalue weighted by Gasteiger charge is 2.27. The zero-order valence-corrected chi connectivity index (χ0v) is 10.3. The predicted octanol–water partition coefficient (Wildman–Crippen LogP) is 1.56. The number of carboxylic acids is 1. The molecule has 2 rings (SSSR count). The van der Waals surface area contributed by atoms with Gasteiger partial charge in [-0.25, -0.2) is 4.98 Å². The molecule has 0 bridgehead atoms. The van der Waals surface area contributed by atoms with Crippen LogP contribution in [0.5, 0.6) is 0 Å². The number of aryl methyl sites for hydroxylation is 1. The molecule has 0 aromatic carbocycles. The van der Waals surface area contributed by atoms with Crippen LogP contribution >= 0.6 is 0 Å². The van der Waals surface area contributed by atoms with Crippen LogP contribution in [0.3, 0.4) is 0 Å². The van der Waals surface area contributed by atoms with Crippen LogP contribution in [0.4, 0.5) is 5.82 Å². The van der Waals surface area contributed by atoms with Gasteiger partial charge in [-0.15, -0.1) is 0 Å². The quantitative estimate of drug-likeness (QED) is 0.874. The van der Waals surface area contributed by atoms with Crippen molar-refractivity contribution in [1.82, 2.24) is 4.98 Å². The fourth-order valence-electron chi connectivity index (χ4n) is 2.36. The molecule has 1 N–H and O–H groups in total. The van der Waals surface area contributed by atoms with E-state index >= 15 is 0 Å². The number of carbonyl (C=O) groups is 1. The highest BCUT2D eigenvalue weighted by Crippen LogP contribution is 2.27. The first-order valence-electron chi connectivity index (χ1n) is 5.94. The molecule has 1 saturated heterocycles. The van der Waals surface area contributed by atoms with E-state index in [4.69, 9.17) is 10.4 Å². The van der Waals surface area contributed by atoms with Crippen LogP contribution in [-0.2, 0) is 4.79 Å². The van der Waals surface area contributed by atoms with Gasteiger partial charge < -0.3 is 10.0 Å². The Labute approximate surface area is 106 Å². The van der Waals surface area contributed by atoms with E-state index in [0.717, 1.165) is 18.5 Å². The molecule has 5 heteroatoms. The summed E-state index contributed by atoms with van der Waals surface area (Å²) < 4.78 is 0. The summed E-state index contributed by atoms with van der Waals surface area (Å²) >= 11 is 0. The van der Waals surface area contributed by atoms with Gasteiger partial charge in [0.15, 0.2) is 0 Å². The van der Waals surface area contributed by atoms with E-state index < -0.39 is 5.97 Å². The van der Waals surface area contributed by atoms with Crippen LogP contribution < -0.4 is 4.90 Å². The number of nitriles is 1. The number of aliphatic carboxylic acids is 1. The lowest BCUT2D eigenvalue weighted by molar-refractivity contribution is -0.137. The topological polar surface area (TPSA) is 77.2 Å². The van der Waals surface area contributed by atoms with Crippen molar-refractivity contribution < 1.29 is 9.90 Å². The molecule has 18 heavy (non-hydrogen) atoms. The molecule has 0 aliphatic carbocycles. The summed E-state index contributed by atoms with van der Waals surface area (Å²) in [5.41, 5.74) is 1.50. The van der Waals surface area contributed by atoms with E-state index in [1.807, 2.05) is 17.9 Å². The summed E-state index contributed by atoms with van der Waals surface area (Å²) in [7, 11) is 0. The average molecular weight is 245 g/mol. The van der Waals surface area contributed by atoms with Gasteiger partial charge in [-0.2, -0.15) is 5.26 Å². The number of aromatic nitrogens is 1. The SMILES string of the molecule is Cc1ccnc(N2CCC(CC(=O)O)C2)c1C#N. The zero-order chi connectivity index (χ0) is 13.1.